The van der Waals surface area contributed by atoms with E-state index >= 15 is 0 Å². The summed E-state index contributed by atoms with van der Waals surface area (Å²) >= 11 is 4.37. The van der Waals surface area contributed by atoms with Crippen molar-refractivity contribution in [2.45, 2.75) is 19.4 Å². The number of hydrogen-bond donors (Lipinski definition) is 3. The van der Waals surface area contributed by atoms with Crippen LogP contribution in [0.15, 0.2) is 26.6 Å². The fourth-order valence-electron chi connectivity index (χ4n) is 1.59. The van der Waals surface area contributed by atoms with Gasteiger partial charge in [0.1, 0.15) is 0 Å². The molecule has 2 aromatic rings. The highest BCUT2D eigenvalue weighted by Gasteiger charge is 2.14. The number of halogens is 3. The zero-order valence-electron chi connectivity index (χ0n) is 12.6. The Morgan fingerprint density at radius 2 is 2.12 bits per heavy atom. The molecule has 2 aromatic heterocycles. The van der Waals surface area contributed by atoms with Crippen LogP contribution >= 0.6 is 52.1 Å². The number of furan rings is 1. The van der Waals surface area contributed by atoms with Crippen LogP contribution in [-0.4, -0.2) is 29.4 Å². The SMILES string of the molecule is C[C@@H](CN)NC(=O)Cc1csc(NC(=O)c2ccc(Br)o2)n1.Cl.Cl. The number of carbonyl (C=O) groups excluding carboxylic acids is 2. The van der Waals surface area contributed by atoms with Gasteiger partial charge in [-0.1, -0.05) is 0 Å². The van der Waals surface area contributed by atoms with Gasteiger partial charge >= 0.3 is 0 Å². The number of thiazole rings is 1. The third-order valence-electron chi connectivity index (χ3n) is 2.67. The number of nitrogens with zero attached hydrogens (tertiary/aromatic N) is 1. The van der Waals surface area contributed by atoms with Crippen molar-refractivity contribution in [2.75, 3.05) is 11.9 Å². The number of rotatable bonds is 6. The van der Waals surface area contributed by atoms with E-state index in [1.54, 1.807) is 17.5 Å². The van der Waals surface area contributed by atoms with Crippen molar-refractivity contribution >= 4 is 69.0 Å². The van der Waals surface area contributed by atoms with Gasteiger partial charge in [0.15, 0.2) is 15.6 Å². The fourth-order valence-corrected chi connectivity index (χ4v) is 2.60. The molecule has 2 rings (SSSR count). The van der Waals surface area contributed by atoms with Gasteiger partial charge in [0.2, 0.25) is 5.91 Å². The molecule has 0 fully saturated rings. The molecule has 0 saturated heterocycles. The van der Waals surface area contributed by atoms with Crippen molar-refractivity contribution in [3.63, 3.8) is 0 Å². The van der Waals surface area contributed by atoms with E-state index in [4.69, 9.17) is 10.2 Å². The van der Waals surface area contributed by atoms with Crippen LogP contribution in [0.4, 0.5) is 5.13 Å². The van der Waals surface area contributed by atoms with Crippen LogP contribution < -0.4 is 16.4 Å². The molecule has 7 nitrogen and oxygen atoms in total. The fraction of sp³-hybridized carbons (Fsp3) is 0.308. The summed E-state index contributed by atoms with van der Waals surface area (Å²) in [5.74, 6) is -0.373. The highest BCUT2D eigenvalue weighted by molar-refractivity contribution is 9.10. The van der Waals surface area contributed by atoms with E-state index in [2.05, 4.69) is 31.5 Å². The number of amides is 2. The third kappa shape index (κ3) is 6.78. The molecule has 11 heteroatoms. The van der Waals surface area contributed by atoms with Gasteiger partial charge < -0.3 is 15.5 Å². The minimum absolute atomic E-state index is 0. The molecule has 2 amide bonds. The van der Waals surface area contributed by atoms with E-state index in [1.165, 1.54) is 11.3 Å². The molecule has 0 aromatic carbocycles. The molecule has 134 valence electrons. The summed E-state index contributed by atoms with van der Waals surface area (Å²) in [5.41, 5.74) is 6.03. The first-order valence-electron chi connectivity index (χ1n) is 6.48. The van der Waals surface area contributed by atoms with Crippen LogP contribution in [-0.2, 0) is 11.2 Å². The third-order valence-corrected chi connectivity index (χ3v) is 3.90. The number of hydrogen-bond acceptors (Lipinski definition) is 6. The molecule has 0 aliphatic heterocycles. The lowest BCUT2D eigenvalue weighted by Gasteiger charge is -2.09. The quantitative estimate of drug-likeness (QED) is 0.614. The number of carbonyl (C=O) groups is 2. The average molecular weight is 460 g/mol. The molecular formula is C13H17BrCl2N4O3S. The predicted octanol–water partition coefficient (Wildman–Crippen LogP) is 2.60. The van der Waals surface area contributed by atoms with Gasteiger partial charge in [-0.05, 0) is 35.0 Å². The van der Waals surface area contributed by atoms with Gasteiger partial charge in [-0.25, -0.2) is 4.98 Å². The second-order valence-corrected chi connectivity index (χ2v) is 6.22. The molecule has 0 radical (unpaired) electrons. The number of nitrogens with two attached hydrogens (primary N) is 1. The Bertz CT molecular complexity index is 680. The normalized spacial score (nSPS) is 11.0. The maximum absolute atomic E-state index is 11.9. The van der Waals surface area contributed by atoms with E-state index in [9.17, 15) is 9.59 Å². The zero-order chi connectivity index (χ0) is 16.1. The van der Waals surface area contributed by atoms with Crippen LogP contribution in [0, 0.1) is 0 Å². The van der Waals surface area contributed by atoms with Gasteiger partial charge in [-0.15, -0.1) is 36.2 Å². The molecule has 0 aliphatic rings. The summed E-state index contributed by atoms with van der Waals surface area (Å²) in [7, 11) is 0. The van der Waals surface area contributed by atoms with Gasteiger partial charge in [-0.2, -0.15) is 0 Å². The Kier molecular flexibility index (Phi) is 10.2. The second kappa shape index (κ2) is 10.7. The molecule has 0 spiro atoms. The molecule has 24 heavy (non-hydrogen) atoms. The van der Waals surface area contributed by atoms with Crippen LogP contribution in [0.1, 0.15) is 23.2 Å². The van der Waals surface area contributed by atoms with Crippen molar-refractivity contribution in [1.29, 1.82) is 0 Å². The lowest BCUT2D eigenvalue weighted by Crippen LogP contribution is -2.38. The van der Waals surface area contributed by atoms with Crippen molar-refractivity contribution in [1.82, 2.24) is 10.3 Å². The summed E-state index contributed by atoms with van der Waals surface area (Å²) < 4.78 is 5.63. The lowest BCUT2D eigenvalue weighted by atomic mass is 10.3. The van der Waals surface area contributed by atoms with Crippen molar-refractivity contribution in [3.05, 3.63) is 33.6 Å². The summed E-state index contributed by atoms with van der Waals surface area (Å²) in [6, 6.07) is 3.10. The van der Waals surface area contributed by atoms with Gasteiger partial charge in [0.05, 0.1) is 12.1 Å². The van der Waals surface area contributed by atoms with Crippen LogP contribution in [0.5, 0.6) is 0 Å². The Morgan fingerprint density at radius 3 is 2.71 bits per heavy atom. The van der Waals surface area contributed by atoms with E-state index in [0.717, 1.165) is 0 Å². The molecule has 2 heterocycles. The Labute approximate surface area is 163 Å². The van der Waals surface area contributed by atoms with Crippen LogP contribution in [0.25, 0.3) is 0 Å². The average Bonchev–Trinajstić information content (AvgIpc) is 3.07. The first-order valence-corrected chi connectivity index (χ1v) is 8.15. The highest BCUT2D eigenvalue weighted by Crippen LogP contribution is 2.19. The Hall–Kier alpha value is -1.13. The highest BCUT2D eigenvalue weighted by atomic mass is 79.9. The minimum atomic E-state index is -0.396. The van der Waals surface area contributed by atoms with E-state index < -0.39 is 5.91 Å². The summed E-state index contributed by atoms with van der Waals surface area (Å²) in [6.45, 7) is 2.20. The standard InChI is InChI=1S/C13H15BrN4O3S.2ClH/c1-7(5-15)16-11(19)4-8-6-22-13(17-8)18-12(20)9-2-3-10(14)21-9;;/h2-3,6-7H,4-5,15H2,1H3,(H,16,19)(H,17,18,20);2*1H/t7-;;/m0../s1. The topological polar surface area (TPSA) is 110 Å². The molecule has 0 aliphatic carbocycles. The van der Waals surface area contributed by atoms with Crippen molar-refractivity contribution < 1.29 is 14.0 Å². The summed E-state index contributed by atoms with van der Waals surface area (Å²) in [5, 5.41) is 7.50. The molecule has 0 unspecified atom stereocenters. The van der Waals surface area contributed by atoms with E-state index in [0.29, 0.717) is 22.0 Å². The van der Waals surface area contributed by atoms with Crippen molar-refractivity contribution in [3.8, 4) is 0 Å². The minimum Gasteiger partial charge on any atom is -0.444 e. The van der Waals surface area contributed by atoms with Gasteiger partial charge in [0.25, 0.3) is 5.91 Å². The molecule has 1 atom stereocenters. The van der Waals surface area contributed by atoms with E-state index in [-0.39, 0.29) is 48.9 Å². The smallest absolute Gasteiger partial charge is 0.293 e. The number of aromatic nitrogens is 1. The first kappa shape index (κ1) is 22.9. The summed E-state index contributed by atoms with van der Waals surface area (Å²) in [6.07, 6.45) is 0.142. The molecule has 0 bridgehead atoms. The van der Waals surface area contributed by atoms with Crippen LogP contribution in [0.2, 0.25) is 0 Å². The van der Waals surface area contributed by atoms with Gasteiger partial charge in [-0.3, -0.25) is 14.9 Å². The largest absolute Gasteiger partial charge is 0.444 e. The Balaban J connectivity index is 0.00000264. The Morgan fingerprint density at radius 1 is 1.42 bits per heavy atom. The molecular weight excluding hydrogens is 443 g/mol. The zero-order valence-corrected chi connectivity index (χ0v) is 16.6. The maximum Gasteiger partial charge on any atom is 0.293 e. The molecule has 0 saturated carbocycles. The number of nitrogens with one attached hydrogen (secondary N) is 2. The van der Waals surface area contributed by atoms with E-state index in [1.807, 2.05) is 6.92 Å². The maximum atomic E-state index is 11.9. The summed E-state index contributed by atoms with van der Waals surface area (Å²) in [4.78, 5) is 27.8. The number of anilines is 1. The molecule has 4 N–H and O–H groups in total. The second-order valence-electron chi connectivity index (χ2n) is 4.58. The van der Waals surface area contributed by atoms with Crippen LogP contribution in [0.3, 0.4) is 0 Å². The predicted molar refractivity (Wildman–Crippen MR) is 101 cm³/mol. The monoisotopic (exact) mass is 458 g/mol. The first-order chi connectivity index (χ1) is 10.5. The van der Waals surface area contributed by atoms with Gasteiger partial charge in [0, 0.05) is 18.0 Å². The lowest BCUT2D eigenvalue weighted by molar-refractivity contribution is -0.121. The van der Waals surface area contributed by atoms with Crippen molar-refractivity contribution in [2.24, 2.45) is 5.73 Å².